The van der Waals surface area contributed by atoms with Crippen LogP contribution in [0.3, 0.4) is 0 Å². The van der Waals surface area contributed by atoms with Crippen molar-refractivity contribution >= 4 is 39.5 Å². The Balaban J connectivity index is 1.42. The van der Waals surface area contributed by atoms with Gasteiger partial charge in [0, 0.05) is 10.0 Å². The standard InChI is InChI=1S/C28H27BrN2O4/c1-3-19(2)20-9-12-24(13-10-20)34-15-16-35-26-14-11-22(29)17-21(26)18-25-27(32)30-31(28(25)33)23-7-5-4-6-8-23/h4-14,17-19H,3,15-16H2,1-2H3,(H,30,32)/b25-18+. The Morgan fingerprint density at radius 3 is 2.40 bits per heavy atom. The van der Waals surface area contributed by atoms with Crippen LogP contribution in [0.4, 0.5) is 5.69 Å². The van der Waals surface area contributed by atoms with Gasteiger partial charge in [-0.25, -0.2) is 5.01 Å². The molecule has 4 rings (SSSR count). The van der Waals surface area contributed by atoms with E-state index in [0.717, 1.165) is 16.6 Å². The summed E-state index contributed by atoms with van der Waals surface area (Å²) in [6, 6.07) is 22.5. The fraction of sp³-hybridized carbons (Fsp3) is 0.214. The summed E-state index contributed by atoms with van der Waals surface area (Å²) in [5.41, 5.74) is 5.15. The molecule has 6 nitrogen and oxygen atoms in total. The molecule has 180 valence electrons. The molecule has 0 aliphatic carbocycles. The van der Waals surface area contributed by atoms with Crippen LogP contribution in [0.1, 0.15) is 37.3 Å². The minimum atomic E-state index is -0.464. The largest absolute Gasteiger partial charge is 0.490 e. The van der Waals surface area contributed by atoms with E-state index in [9.17, 15) is 9.59 Å². The molecule has 1 N–H and O–H groups in total. The second-order valence-corrected chi connectivity index (χ2v) is 9.15. The number of hydrogen-bond donors (Lipinski definition) is 1. The van der Waals surface area contributed by atoms with Crippen molar-refractivity contribution in [2.75, 3.05) is 18.2 Å². The molecule has 0 spiro atoms. The Labute approximate surface area is 213 Å². The number of para-hydroxylation sites is 1. The molecule has 0 bridgehead atoms. The molecule has 0 aromatic heterocycles. The van der Waals surface area contributed by atoms with Crippen LogP contribution in [0.5, 0.6) is 11.5 Å². The van der Waals surface area contributed by atoms with E-state index in [-0.39, 0.29) is 5.57 Å². The fourth-order valence-electron chi connectivity index (χ4n) is 3.67. The number of amides is 2. The van der Waals surface area contributed by atoms with E-state index in [4.69, 9.17) is 9.47 Å². The lowest BCUT2D eigenvalue weighted by Gasteiger charge is -2.14. The molecule has 1 saturated heterocycles. The third-order valence-electron chi connectivity index (χ3n) is 5.85. The summed E-state index contributed by atoms with van der Waals surface area (Å²) in [5, 5.41) is 1.24. The van der Waals surface area contributed by atoms with Gasteiger partial charge in [0.15, 0.2) is 0 Å². The smallest absolute Gasteiger partial charge is 0.282 e. The Bertz CT molecular complexity index is 1230. The van der Waals surface area contributed by atoms with Gasteiger partial charge in [0.25, 0.3) is 11.8 Å². The monoisotopic (exact) mass is 534 g/mol. The number of hydrazine groups is 1. The van der Waals surface area contributed by atoms with Gasteiger partial charge in [-0.3, -0.25) is 15.0 Å². The third kappa shape index (κ3) is 5.92. The van der Waals surface area contributed by atoms with Gasteiger partial charge in [-0.2, -0.15) is 0 Å². The molecule has 2 amide bonds. The highest BCUT2D eigenvalue weighted by Crippen LogP contribution is 2.28. The van der Waals surface area contributed by atoms with Crippen molar-refractivity contribution in [1.29, 1.82) is 0 Å². The fourth-order valence-corrected chi connectivity index (χ4v) is 4.05. The average Bonchev–Trinajstić information content (AvgIpc) is 3.16. The van der Waals surface area contributed by atoms with Crippen LogP contribution < -0.4 is 19.9 Å². The molecule has 1 aliphatic rings. The minimum Gasteiger partial charge on any atom is -0.490 e. The molecule has 1 unspecified atom stereocenters. The SMILES string of the molecule is CCC(C)c1ccc(OCCOc2ccc(Br)cc2/C=C2\C(=O)NN(c3ccccc3)C2=O)cc1. The Kier molecular flexibility index (Phi) is 7.87. The molecule has 35 heavy (non-hydrogen) atoms. The first-order valence-electron chi connectivity index (χ1n) is 11.5. The van der Waals surface area contributed by atoms with Crippen LogP contribution >= 0.6 is 15.9 Å². The van der Waals surface area contributed by atoms with Gasteiger partial charge in [-0.05, 0) is 66.4 Å². The number of nitrogens with zero attached hydrogens (tertiary/aromatic N) is 1. The highest BCUT2D eigenvalue weighted by molar-refractivity contribution is 9.10. The Hall–Kier alpha value is -3.58. The number of carbonyl (C=O) groups is 2. The highest BCUT2D eigenvalue weighted by Gasteiger charge is 2.34. The van der Waals surface area contributed by atoms with Gasteiger partial charge < -0.3 is 9.47 Å². The van der Waals surface area contributed by atoms with Crippen molar-refractivity contribution in [1.82, 2.24) is 5.43 Å². The van der Waals surface area contributed by atoms with E-state index in [0.29, 0.717) is 36.1 Å². The van der Waals surface area contributed by atoms with Gasteiger partial charge in [0.1, 0.15) is 30.3 Å². The lowest BCUT2D eigenvalue weighted by molar-refractivity contribution is -0.117. The second-order valence-electron chi connectivity index (χ2n) is 8.23. The average molecular weight is 535 g/mol. The number of carbonyl (C=O) groups excluding carboxylic acids is 2. The number of halogens is 1. The quantitative estimate of drug-likeness (QED) is 0.211. The lowest BCUT2D eigenvalue weighted by Crippen LogP contribution is -2.35. The zero-order chi connectivity index (χ0) is 24.8. The first-order valence-corrected chi connectivity index (χ1v) is 12.3. The second kappa shape index (κ2) is 11.2. The van der Waals surface area contributed by atoms with Crippen molar-refractivity contribution in [3.05, 3.63) is 94.0 Å². The van der Waals surface area contributed by atoms with E-state index in [2.05, 4.69) is 47.3 Å². The number of hydrogen-bond acceptors (Lipinski definition) is 4. The Morgan fingerprint density at radius 2 is 1.69 bits per heavy atom. The zero-order valence-electron chi connectivity index (χ0n) is 19.7. The molecule has 1 heterocycles. The maximum Gasteiger partial charge on any atom is 0.282 e. The summed E-state index contributed by atoms with van der Waals surface area (Å²) in [5.74, 6) is 0.972. The summed E-state index contributed by atoms with van der Waals surface area (Å²) < 4.78 is 12.6. The number of ether oxygens (including phenoxy) is 2. The van der Waals surface area contributed by atoms with Crippen molar-refractivity contribution in [2.45, 2.75) is 26.2 Å². The molecule has 3 aromatic rings. The molecule has 1 atom stereocenters. The van der Waals surface area contributed by atoms with E-state index < -0.39 is 11.8 Å². The predicted molar refractivity (Wildman–Crippen MR) is 140 cm³/mol. The summed E-state index contributed by atoms with van der Waals surface area (Å²) in [7, 11) is 0. The number of rotatable bonds is 9. The number of benzene rings is 3. The van der Waals surface area contributed by atoms with Crippen molar-refractivity contribution < 1.29 is 19.1 Å². The van der Waals surface area contributed by atoms with E-state index >= 15 is 0 Å². The van der Waals surface area contributed by atoms with Crippen LogP contribution in [-0.2, 0) is 9.59 Å². The van der Waals surface area contributed by atoms with Crippen LogP contribution in [0.25, 0.3) is 6.08 Å². The predicted octanol–water partition coefficient (Wildman–Crippen LogP) is 5.88. The first kappa shape index (κ1) is 24.5. The van der Waals surface area contributed by atoms with Crippen molar-refractivity contribution in [2.24, 2.45) is 0 Å². The zero-order valence-corrected chi connectivity index (χ0v) is 21.2. The molecule has 7 heteroatoms. The van der Waals surface area contributed by atoms with Gasteiger partial charge in [0.2, 0.25) is 0 Å². The maximum absolute atomic E-state index is 12.9. The van der Waals surface area contributed by atoms with Gasteiger partial charge in [-0.1, -0.05) is 60.1 Å². The summed E-state index contributed by atoms with van der Waals surface area (Å²) >= 11 is 3.45. The molecular formula is C28H27BrN2O4. The van der Waals surface area contributed by atoms with Crippen molar-refractivity contribution in [3.8, 4) is 11.5 Å². The molecule has 1 fully saturated rings. The minimum absolute atomic E-state index is 0.0365. The number of nitrogens with one attached hydrogen (secondary N) is 1. The molecular weight excluding hydrogens is 508 g/mol. The van der Waals surface area contributed by atoms with Gasteiger partial charge in [-0.15, -0.1) is 0 Å². The summed E-state index contributed by atoms with van der Waals surface area (Å²) in [4.78, 5) is 25.5. The van der Waals surface area contributed by atoms with Crippen molar-refractivity contribution in [3.63, 3.8) is 0 Å². The molecule has 0 saturated carbocycles. The van der Waals surface area contributed by atoms with Crippen LogP contribution in [0.2, 0.25) is 0 Å². The first-order chi connectivity index (χ1) is 17.0. The van der Waals surface area contributed by atoms with Crippen LogP contribution in [0, 0.1) is 0 Å². The normalized spacial score (nSPS) is 15.3. The third-order valence-corrected chi connectivity index (χ3v) is 6.34. The topological polar surface area (TPSA) is 67.9 Å². The van der Waals surface area contributed by atoms with Gasteiger partial charge >= 0.3 is 0 Å². The lowest BCUT2D eigenvalue weighted by atomic mass is 9.99. The van der Waals surface area contributed by atoms with E-state index in [1.807, 2.05) is 30.3 Å². The highest BCUT2D eigenvalue weighted by atomic mass is 79.9. The van der Waals surface area contributed by atoms with Crippen LogP contribution in [0.15, 0.2) is 82.8 Å². The van der Waals surface area contributed by atoms with Gasteiger partial charge in [0.05, 0.1) is 5.69 Å². The summed E-state index contributed by atoms with van der Waals surface area (Å²) in [6.45, 7) is 5.04. The molecule has 1 aliphatic heterocycles. The summed E-state index contributed by atoms with van der Waals surface area (Å²) in [6.07, 6.45) is 2.65. The van der Waals surface area contributed by atoms with E-state index in [1.54, 1.807) is 36.4 Å². The maximum atomic E-state index is 12.9. The Morgan fingerprint density at radius 1 is 0.971 bits per heavy atom. The number of anilines is 1. The molecule has 0 radical (unpaired) electrons. The van der Waals surface area contributed by atoms with Crippen LogP contribution in [-0.4, -0.2) is 25.0 Å². The van der Waals surface area contributed by atoms with E-state index in [1.165, 1.54) is 10.6 Å². The molecule has 3 aromatic carbocycles.